The van der Waals surface area contributed by atoms with Crippen molar-refractivity contribution in [2.24, 2.45) is 0 Å². The van der Waals surface area contributed by atoms with E-state index in [-0.39, 0.29) is 36.5 Å². The Morgan fingerprint density at radius 1 is 1.04 bits per heavy atom. The summed E-state index contributed by atoms with van der Waals surface area (Å²) in [7, 11) is -1.42. The molecule has 0 amide bonds. The number of hydrogen-bond acceptors (Lipinski definition) is 3. The molecule has 4 nitrogen and oxygen atoms in total. The summed E-state index contributed by atoms with van der Waals surface area (Å²) < 4.78 is 5.93. The van der Waals surface area contributed by atoms with Crippen LogP contribution in [-0.4, -0.2) is 34.3 Å². The van der Waals surface area contributed by atoms with Gasteiger partial charge in [-0.25, -0.2) is 9.59 Å². The maximum absolute atomic E-state index is 12.5. The molecule has 6 heteroatoms. The molecular formula is C17H27NaO4S. The minimum absolute atomic E-state index is 0. The molecule has 0 unspecified atom stereocenters. The molecule has 0 fully saturated rings. The summed E-state index contributed by atoms with van der Waals surface area (Å²) >= 11 is 0. The van der Waals surface area contributed by atoms with E-state index >= 15 is 0 Å². The quantitative estimate of drug-likeness (QED) is 0.687. The fourth-order valence-corrected chi connectivity index (χ4v) is 6.05. The Morgan fingerprint density at radius 2 is 1.52 bits per heavy atom. The third-order valence-corrected chi connectivity index (χ3v) is 7.29. The summed E-state index contributed by atoms with van der Waals surface area (Å²) in [4.78, 5) is 23.5. The van der Waals surface area contributed by atoms with Crippen molar-refractivity contribution in [3.63, 3.8) is 0 Å². The van der Waals surface area contributed by atoms with Gasteiger partial charge >= 0.3 is 41.5 Å². The van der Waals surface area contributed by atoms with E-state index in [2.05, 4.69) is 20.8 Å². The smallest absolute Gasteiger partial charge is 1.00 e. The molecule has 0 atom stereocenters. The second-order valence-corrected chi connectivity index (χ2v) is 8.66. The summed E-state index contributed by atoms with van der Waals surface area (Å²) in [6.07, 6.45) is 2.95. The van der Waals surface area contributed by atoms with Crippen molar-refractivity contribution < 1.29 is 49.9 Å². The summed E-state index contributed by atoms with van der Waals surface area (Å²) in [5.41, 5.74) is 0.427. The van der Waals surface area contributed by atoms with Crippen molar-refractivity contribution in [1.82, 2.24) is 0 Å². The van der Waals surface area contributed by atoms with E-state index < -0.39 is 22.2 Å². The number of carbonyl (C=O) groups is 2. The van der Waals surface area contributed by atoms with Crippen molar-refractivity contribution in [2.45, 2.75) is 40.0 Å². The average Bonchev–Trinajstić information content (AvgIpc) is 2.48. The Morgan fingerprint density at radius 3 is 1.96 bits per heavy atom. The van der Waals surface area contributed by atoms with Gasteiger partial charge in [-0.2, -0.15) is 0 Å². The average molecular weight is 350 g/mol. The normalized spacial score (nSPS) is 11.4. The SMILES string of the molecule is CCCS(CCC)(CCC)OC(=O)c1cccc(C(=O)O)c1.[H-].[Na+]. The first-order valence-corrected chi connectivity index (χ1v) is 9.88. The molecular weight excluding hydrogens is 323 g/mol. The number of hydrogen-bond donors (Lipinski definition) is 1. The maximum atomic E-state index is 12.5. The van der Waals surface area contributed by atoms with E-state index in [1.165, 1.54) is 12.1 Å². The zero-order valence-electron chi connectivity index (χ0n) is 15.6. The fraction of sp³-hybridized carbons (Fsp3) is 0.529. The molecule has 0 bridgehead atoms. The Kier molecular flexibility index (Phi) is 10.9. The van der Waals surface area contributed by atoms with Gasteiger partial charge < -0.3 is 10.7 Å². The molecule has 1 aromatic carbocycles. The van der Waals surface area contributed by atoms with Gasteiger partial charge in [0.1, 0.15) is 0 Å². The van der Waals surface area contributed by atoms with E-state index in [1.54, 1.807) is 12.1 Å². The minimum Gasteiger partial charge on any atom is -1.00 e. The number of carboxylic acids is 1. The molecule has 1 rings (SSSR count). The first kappa shape index (κ1) is 22.5. The minimum atomic E-state index is -1.42. The van der Waals surface area contributed by atoms with Crippen LogP contribution in [0.5, 0.6) is 0 Å². The van der Waals surface area contributed by atoms with Crippen molar-refractivity contribution in [3.05, 3.63) is 35.4 Å². The van der Waals surface area contributed by atoms with Crippen LogP contribution in [0.2, 0.25) is 0 Å². The van der Waals surface area contributed by atoms with Crippen LogP contribution in [0.4, 0.5) is 0 Å². The molecule has 0 saturated carbocycles. The second-order valence-electron chi connectivity index (χ2n) is 5.34. The molecule has 0 radical (unpaired) electrons. The van der Waals surface area contributed by atoms with E-state index in [0.29, 0.717) is 5.56 Å². The van der Waals surface area contributed by atoms with Crippen LogP contribution in [0.25, 0.3) is 0 Å². The summed E-state index contributed by atoms with van der Waals surface area (Å²) in [6.45, 7) is 6.31. The molecule has 0 spiro atoms. The van der Waals surface area contributed by atoms with Gasteiger partial charge in [0.25, 0.3) is 0 Å². The first-order valence-electron chi connectivity index (χ1n) is 7.81. The van der Waals surface area contributed by atoms with Gasteiger partial charge in [0.15, 0.2) is 0 Å². The Hall–Kier alpha value is -0.490. The van der Waals surface area contributed by atoms with Crippen LogP contribution < -0.4 is 29.6 Å². The maximum Gasteiger partial charge on any atom is 1.00 e. The largest absolute Gasteiger partial charge is 1.00 e. The number of carboxylic acid groups (broad SMARTS) is 1. The zero-order valence-corrected chi connectivity index (χ0v) is 17.4. The summed E-state index contributed by atoms with van der Waals surface area (Å²) in [5, 5.41) is 9.03. The van der Waals surface area contributed by atoms with Crippen LogP contribution in [0.1, 0.15) is 62.2 Å². The van der Waals surface area contributed by atoms with Crippen LogP contribution in [-0.2, 0) is 4.18 Å². The molecule has 0 aromatic heterocycles. The van der Waals surface area contributed by atoms with Crippen molar-refractivity contribution in [2.75, 3.05) is 17.3 Å². The zero-order chi connectivity index (χ0) is 16.6. The van der Waals surface area contributed by atoms with E-state index in [9.17, 15) is 9.59 Å². The van der Waals surface area contributed by atoms with Gasteiger partial charge in [0.05, 0.1) is 11.1 Å². The van der Waals surface area contributed by atoms with Crippen LogP contribution in [0.15, 0.2) is 24.3 Å². The van der Waals surface area contributed by atoms with Crippen molar-refractivity contribution in [3.8, 4) is 0 Å². The molecule has 0 aliphatic heterocycles. The first-order chi connectivity index (χ1) is 10.5. The van der Waals surface area contributed by atoms with Crippen LogP contribution >= 0.6 is 10.3 Å². The number of carbonyl (C=O) groups excluding carboxylic acids is 1. The van der Waals surface area contributed by atoms with Gasteiger partial charge in [0, 0.05) is 17.3 Å². The Bertz CT molecular complexity index is 508. The predicted octanol–water partition coefficient (Wildman–Crippen LogP) is 1.61. The third-order valence-electron chi connectivity index (χ3n) is 3.33. The molecule has 1 N–H and O–H groups in total. The van der Waals surface area contributed by atoms with Crippen LogP contribution in [0, 0.1) is 0 Å². The standard InChI is InChI=1S/C17H26O4S.Na.H/c1-4-10-22(11-5-2,12-6-3)21-17(20)15-9-7-8-14(13-15)16(18)19;;/h7-9,13H,4-6,10-12H2,1-3H3,(H,18,19);;/q;+1;-1. The molecule has 23 heavy (non-hydrogen) atoms. The second kappa shape index (κ2) is 11.1. The van der Waals surface area contributed by atoms with Gasteiger partial charge in [-0.05, 0) is 37.5 Å². The Labute approximate surface area is 164 Å². The monoisotopic (exact) mass is 350 g/mol. The van der Waals surface area contributed by atoms with E-state index in [4.69, 9.17) is 9.29 Å². The Balaban J connectivity index is 0. The van der Waals surface area contributed by atoms with Gasteiger partial charge in [0.2, 0.25) is 0 Å². The third kappa shape index (κ3) is 6.87. The van der Waals surface area contributed by atoms with Crippen LogP contribution in [0.3, 0.4) is 0 Å². The number of rotatable bonds is 9. The van der Waals surface area contributed by atoms with Gasteiger partial charge in [-0.3, -0.25) is 0 Å². The number of aromatic carboxylic acids is 1. The summed E-state index contributed by atoms with van der Waals surface area (Å²) in [6, 6.07) is 6.06. The van der Waals surface area contributed by atoms with E-state index in [1.807, 2.05) is 0 Å². The van der Waals surface area contributed by atoms with Crippen molar-refractivity contribution in [1.29, 1.82) is 0 Å². The fourth-order valence-electron chi connectivity index (χ4n) is 2.54. The number of benzene rings is 1. The predicted molar refractivity (Wildman–Crippen MR) is 93.0 cm³/mol. The molecule has 0 aliphatic carbocycles. The molecule has 0 saturated heterocycles. The van der Waals surface area contributed by atoms with Gasteiger partial charge in [-0.1, -0.05) is 37.1 Å². The molecule has 0 aliphatic rings. The molecule has 0 heterocycles. The van der Waals surface area contributed by atoms with E-state index in [0.717, 1.165) is 36.5 Å². The summed E-state index contributed by atoms with van der Waals surface area (Å²) in [5.74, 6) is 1.31. The molecule has 126 valence electrons. The molecule has 1 aromatic rings. The van der Waals surface area contributed by atoms with Crippen molar-refractivity contribution >= 4 is 22.2 Å². The topological polar surface area (TPSA) is 63.6 Å². The van der Waals surface area contributed by atoms with Gasteiger partial charge in [-0.15, -0.1) is 0 Å².